The Hall–Kier alpha value is -3.36. The number of hydrogen-bond acceptors (Lipinski definition) is 4. The van der Waals surface area contributed by atoms with E-state index in [1.165, 1.54) is 46.9 Å². The molecule has 2 atom stereocenters. The Bertz CT molecular complexity index is 1170. The van der Waals surface area contributed by atoms with Gasteiger partial charge in [-0.25, -0.2) is 18.3 Å². The van der Waals surface area contributed by atoms with Crippen LogP contribution in [0.2, 0.25) is 0 Å². The van der Waals surface area contributed by atoms with E-state index in [1.807, 2.05) is 0 Å². The van der Waals surface area contributed by atoms with Crippen molar-refractivity contribution in [2.75, 3.05) is 5.32 Å². The third kappa shape index (κ3) is 3.62. The van der Waals surface area contributed by atoms with E-state index in [2.05, 4.69) is 15.4 Å². The van der Waals surface area contributed by atoms with Gasteiger partial charge in [0.05, 0.1) is 11.6 Å². The number of alkyl halides is 1. The summed E-state index contributed by atoms with van der Waals surface area (Å²) in [5.74, 6) is -1.74. The van der Waals surface area contributed by atoms with Gasteiger partial charge in [-0.15, -0.1) is 0 Å². The zero-order chi connectivity index (χ0) is 21.4. The third-order valence-corrected chi connectivity index (χ3v) is 5.36. The molecular weight excluding hydrogens is 392 g/mol. The molecule has 3 aromatic rings. The molecule has 9 heteroatoms. The molecule has 0 radical (unpaired) electrons. The van der Waals surface area contributed by atoms with Crippen LogP contribution >= 0.6 is 0 Å². The summed E-state index contributed by atoms with van der Waals surface area (Å²) in [6.45, 7) is 1.52. The SMILES string of the molecule is CC1C(=O)Nc2c(-n3cnccc3=O)nn(C)c2-c2cc(F)cc(c2)CCCC1F. The Kier molecular flexibility index (Phi) is 5.19. The minimum Gasteiger partial charge on any atom is -0.321 e. The standard InChI is InChI=1S/C21H21F2N5O2/c1-12-16(23)5-3-4-13-8-14(10-15(22)9-13)19-18(25-21(12)30)20(26-27(19)2)28-11-24-7-6-17(28)29/h6-12,16H,3-5H2,1-2H3,(H,25,30). The first-order valence-electron chi connectivity index (χ1n) is 9.70. The van der Waals surface area contributed by atoms with E-state index in [1.54, 1.807) is 13.1 Å². The van der Waals surface area contributed by atoms with E-state index < -0.39 is 29.4 Å². The van der Waals surface area contributed by atoms with Gasteiger partial charge in [-0.3, -0.25) is 14.3 Å². The van der Waals surface area contributed by atoms with Gasteiger partial charge < -0.3 is 5.32 Å². The van der Waals surface area contributed by atoms with Gasteiger partial charge in [-0.1, -0.05) is 6.92 Å². The van der Waals surface area contributed by atoms with Crippen molar-refractivity contribution in [1.29, 1.82) is 0 Å². The highest BCUT2D eigenvalue weighted by Gasteiger charge is 2.28. The molecular formula is C21H21F2N5O2. The maximum atomic E-state index is 14.6. The monoisotopic (exact) mass is 413 g/mol. The lowest BCUT2D eigenvalue weighted by atomic mass is 9.96. The molecule has 2 aromatic heterocycles. The second-order valence-corrected chi connectivity index (χ2v) is 7.49. The summed E-state index contributed by atoms with van der Waals surface area (Å²) in [6.07, 6.45) is 2.46. The molecule has 7 nitrogen and oxygen atoms in total. The first-order valence-corrected chi connectivity index (χ1v) is 9.70. The largest absolute Gasteiger partial charge is 0.321 e. The summed E-state index contributed by atoms with van der Waals surface area (Å²) in [5.41, 5.74) is 1.45. The molecule has 1 N–H and O–H groups in total. The molecule has 0 saturated carbocycles. The fraction of sp³-hybridized carbons (Fsp3) is 0.333. The number of halogens is 2. The van der Waals surface area contributed by atoms with Crippen LogP contribution in [0.4, 0.5) is 14.5 Å². The van der Waals surface area contributed by atoms with Crippen molar-refractivity contribution in [1.82, 2.24) is 19.3 Å². The second-order valence-electron chi connectivity index (χ2n) is 7.49. The number of anilines is 1. The van der Waals surface area contributed by atoms with E-state index in [9.17, 15) is 18.4 Å². The van der Waals surface area contributed by atoms with Gasteiger partial charge in [0.1, 0.15) is 24.0 Å². The smallest absolute Gasteiger partial charge is 0.259 e. The minimum atomic E-state index is -1.35. The molecule has 1 aliphatic rings. The lowest BCUT2D eigenvalue weighted by Crippen LogP contribution is -2.29. The third-order valence-electron chi connectivity index (χ3n) is 5.36. The highest BCUT2D eigenvalue weighted by molar-refractivity contribution is 5.98. The van der Waals surface area contributed by atoms with E-state index in [0.717, 1.165) is 5.56 Å². The fourth-order valence-electron chi connectivity index (χ4n) is 3.72. The van der Waals surface area contributed by atoms with E-state index in [4.69, 9.17) is 0 Å². The first kappa shape index (κ1) is 19.9. The number of fused-ring (bicyclic) bond motifs is 4. The average molecular weight is 413 g/mol. The number of aryl methyl sites for hydroxylation is 2. The summed E-state index contributed by atoms with van der Waals surface area (Å²) in [6, 6.07) is 5.83. The van der Waals surface area contributed by atoms with Crippen LogP contribution in [0.15, 0.2) is 41.6 Å². The minimum absolute atomic E-state index is 0.129. The van der Waals surface area contributed by atoms with Crippen LogP contribution in [-0.2, 0) is 18.3 Å². The molecule has 156 valence electrons. The quantitative estimate of drug-likeness (QED) is 0.665. The molecule has 0 spiro atoms. The molecule has 2 unspecified atom stereocenters. The highest BCUT2D eigenvalue weighted by atomic mass is 19.1. The Morgan fingerprint density at radius 2 is 2.03 bits per heavy atom. The summed E-state index contributed by atoms with van der Waals surface area (Å²) in [5, 5.41) is 7.11. The average Bonchev–Trinajstić information content (AvgIpc) is 3.02. The van der Waals surface area contributed by atoms with Crippen molar-refractivity contribution in [3.8, 4) is 17.1 Å². The van der Waals surface area contributed by atoms with Crippen molar-refractivity contribution < 1.29 is 13.6 Å². The Morgan fingerprint density at radius 3 is 2.80 bits per heavy atom. The lowest BCUT2D eigenvalue weighted by Gasteiger charge is -2.19. The highest BCUT2D eigenvalue weighted by Crippen LogP contribution is 2.35. The molecule has 2 bridgehead atoms. The van der Waals surface area contributed by atoms with Gasteiger partial charge in [0.25, 0.3) is 5.56 Å². The number of carbonyl (C=O) groups is 1. The van der Waals surface area contributed by atoms with Gasteiger partial charge in [-0.05, 0) is 43.0 Å². The maximum Gasteiger partial charge on any atom is 0.259 e. The van der Waals surface area contributed by atoms with Crippen LogP contribution in [0, 0.1) is 11.7 Å². The molecule has 0 fully saturated rings. The lowest BCUT2D eigenvalue weighted by molar-refractivity contribution is -0.121. The number of amides is 1. The molecule has 1 aromatic carbocycles. The summed E-state index contributed by atoms with van der Waals surface area (Å²) in [4.78, 5) is 29.1. The summed E-state index contributed by atoms with van der Waals surface area (Å²) < 4.78 is 31.6. The fourth-order valence-corrected chi connectivity index (χ4v) is 3.72. The predicted molar refractivity (Wildman–Crippen MR) is 108 cm³/mol. The summed E-state index contributed by atoms with van der Waals surface area (Å²) in [7, 11) is 1.63. The predicted octanol–water partition coefficient (Wildman–Crippen LogP) is 3.02. The number of aromatic nitrogens is 4. The van der Waals surface area contributed by atoms with Crippen molar-refractivity contribution >= 4 is 11.6 Å². The van der Waals surface area contributed by atoms with Gasteiger partial charge >= 0.3 is 0 Å². The zero-order valence-corrected chi connectivity index (χ0v) is 16.6. The summed E-state index contributed by atoms with van der Waals surface area (Å²) >= 11 is 0. The van der Waals surface area contributed by atoms with Crippen LogP contribution in [-0.4, -0.2) is 31.4 Å². The molecule has 1 aliphatic heterocycles. The molecule has 0 aliphatic carbocycles. The van der Waals surface area contributed by atoms with E-state index >= 15 is 0 Å². The van der Waals surface area contributed by atoms with Crippen LogP contribution in [0.3, 0.4) is 0 Å². The van der Waals surface area contributed by atoms with E-state index in [0.29, 0.717) is 24.1 Å². The van der Waals surface area contributed by atoms with Crippen LogP contribution in [0.25, 0.3) is 17.1 Å². The topological polar surface area (TPSA) is 81.8 Å². The van der Waals surface area contributed by atoms with Gasteiger partial charge in [0.15, 0.2) is 5.82 Å². The number of carbonyl (C=O) groups excluding carboxylic acids is 1. The van der Waals surface area contributed by atoms with E-state index in [-0.39, 0.29) is 17.9 Å². The molecule has 4 rings (SSSR count). The van der Waals surface area contributed by atoms with Gasteiger partial charge in [0.2, 0.25) is 5.91 Å². The van der Waals surface area contributed by atoms with Gasteiger partial charge in [-0.2, -0.15) is 5.10 Å². The van der Waals surface area contributed by atoms with Crippen LogP contribution in [0.1, 0.15) is 25.3 Å². The Balaban J connectivity index is 1.98. The number of benzene rings is 1. The molecule has 1 amide bonds. The normalized spacial score (nSPS) is 19.4. The molecule has 0 saturated heterocycles. The van der Waals surface area contributed by atoms with Gasteiger partial charge in [0, 0.05) is 24.9 Å². The number of nitrogens with one attached hydrogen (secondary N) is 1. The second kappa shape index (κ2) is 7.81. The number of nitrogens with zero attached hydrogens (tertiary/aromatic N) is 4. The maximum absolute atomic E-state index is 14.6. The Labute approximate surface area is 171 Å². The molecule has 30 heavy (non-hydrogen) atoms. The number of hydrogen-bond donors (Lipinski definition) is 1. The van der Waals surface area contributed by atoms with Crippen molar-refractivity contribution in [3.05, 3.63) is 58.5 Å². The zero-order valence-electron chi connectivity index (χ0n) is 16.6. The van der Waals surface area contributed by atoms with Crippen molar-refractivity contribution in [2.24, 2.45) is 13.0 Å². The number of rotatable bonds is 1. The van der Waals surface area contributed by atoms with Crippen LogP contribution in [0.5, 0.6) is 0 Å². The first-order chi connectivity index (χ1) is 14.3. The molecule has 3 heterocycles. The van der Waals surface area contributed by atoms with Crippen molar-refractivity contribution in [2.45, 2.75) is 32.4 Å². The van der Waals surface area contributed by atoms with Crippen molar-refractivity contribution in [3.63, 3.8) is 0 Å². The van der Waals surface area contributed by atoms with Crippen LogP contribution < -0.4 is 10.9 Å². The Morgan fingerprint density at radius 1 is 1.23 bits per heavy atom.